The lowest BCUT2D eigenvalue weighted by atomic mass is 9.93. The second-order valence-electron chi connectivity index (χ2n) is 8.59. The molecule has 0 bridgehead atoms. The Bertz CT molecular complexity index is 1360. The van der Waals surface area contributed by atoms with E-state index in [9.17, 15) is 18.3 Å². The molecular weight excluding hydrogens is 463 g/mol. The average Bonchev–Trinajstić information content (AvgIpc) is 3.43. The lowest BCUT2D eigenvalue weighted by Crippen LogP contribution is -2.27. The second kappa shape index (κ2) is 8.75. The Morgan fingerprint density at radius 3 is 2.57 bits per heavy atom. The van der Waals surface area contributed by atoms with Crippen LogP contribution in [-0.4, -0.2) is 47.8 Å². The predicted octanol–water partition coefficient (Wildman–Crippen LogP) is 4.56. The number of fused-ring (bicyclic) bond motifs is 1. The number of rotatable bonds is 5. The summed E-state index contributed by atoms with van der Waals surface area (Å²) in [6.07, 6.45) is 2.79. The summed E-state index contributed by atoms with van der Waals surface area (Å²) in [7, 11) is 3.64. The van der Waals surface area contributed by atoms with E-state index < -0.39 is 23.9 Å². The number of pyridine rings is 2. The van der Waals surface area contributed by atoms with E-state index in [2.05, 4.69) is 20.4 Å². The third-order valence-electron chi connectivity index (χ3n) is 6.22. The van der Waals surface area contributed by atoms with Crippen LogP contribution in [0.5, 0.6) is 11.6 Å². The highest BCUT2D eigenvalue weighted by Crippen LogP contribution is 2.39. The zero-order valence-electron chi connectivity index (χ0n) is 19.1. The molecule has 0 radical (unpaired) electrons. The molecular formula is C23H24F3N7O2. The fraction of sp³-hybridized carbons (Fsp3) is 0.391. The van der Waals surface area contributed by atoms with Crippen molar-refractivity contribution in [2.24, 2.45) is 7.05 Å². The molecule has 5 rings (SSSR count). The highest BCUT2D eigenvalue weighted by atomic mass is 19.4. The molecule has 35 heavy (non-hydrogen) atoms. The SMILES string of the molecule is CNc1cc2c(cn1)c(-c1cnn(C)c1)nn2[C@H]1CC[C@@H](Oc2ccc(O)nc2C(F)(F)F)CC1. The van der Waals surface area contributed by atoms with E-state index in [-0.39, 0.29) is 11.8 Å². The molecule has 0 spiro atoms. The Morgan fingerprint density at radius 2 is 1.91 bits per heavy atom. The lowest BCUT2D eigenvalue weighted by molar-refractivity contribution is -0.143. The summed E-state index contributed by atoms with van der Waals surface area (Å²) in [5.74, 6) is -0.349. The maximum Gasteiger partial charge on any atom is 0.437 e. The van der Waals surface area contributed by atoms with Gasteiger partial charge in [-0.05, 0) is 31.7 Å². The first-order valence-corrected chi connectivity index (χ1v) is 11.2. The van der Waals surface area contributed by atoms with Crippen LogP contribution < -0.4 is 10.1 Å². The number of halogens is 3. The molecule has 0 atom stereocenters. The van der Waals surface area contributed by atoms with Gasteiger partial charge in [-0.1, -0.05) is 0 Å². The van der Waals surface area contributed by atoms with Crippen LogP contribution in [0, 0.1) is 0 Å². The van der Waals surface area contributed by atoms with E-state index in [4.69, 9.17) is 9.84 Å². The summed E-state index contributed by atoms with van der Waals surface area (Å²) in [5.41, 5.74) is 1.37. The van der Waals surface area contributed by atoms with E-state index in [1.807, 2.05) is 24.0 Å². The number of nitrogens with one attached hydrogen (secondary N) is 1. The van der Waals surface area contributed by atoms with Gasteiger partial charge in [0.15, 0.2) is 11.4 Å². The van der Waals surface area contributed by atoms with Gasteiger partial charge in [-0.2, -0.15) is 23.4 Å². The van der Waals surface area contributed by atoms with E-state index in [1.165, 1.54) is 0 Å². The molecule has 12 heteroatoms. The van der Waals surface area contributed by atoms with Crippen LogP contribution >= 0.6 is 0 Å². The minimum absolute atomic E-state index is 0.0508. The van der Waals surface area contributed by atoms with Crippen molar-refractivity contribution in [2.75, 3.05) is 12.4 Å². The molecule has 0 aromatic carbocycles. The monoisotopic (exact) mass is 487 g/mol. The summed E-state index contributed by atoms with van der Waals surface area (Å²) in [5, 5.41) is 22.5. The molecule has 1 aliphatic carbocycles. The first-order valence-electron chi connectivity index (χ1n) is 11.2. The van der Waals surface area contributed by atoms with E-state index in [0.717, 1.165) is 34.3 Å². The fourth-order valence-corrected chi connectivity index (χ4v) is 4.53. The summed E-state index contributed by atoms with van der Waals surface area (Å²) in [6, 6.07) is 4.21. The molecule has 1 aliphatic rings. The molecule has 1 saturated carbocycles. The maximum atomic E-state index is 13.3. The normalized spacial score (nSPS) is 18.7. The topological polar surface area (TPSA) is 103 Å². The number of aromatic nitrogens is 6. The van der Waals surface area contributed by atoms with Gasteiger partial charge in [0, 0.05) is 49.6 Å². The number of alkyl halides is 3. The highest BCUT2D eigenvalue weighted by Gasteiger charge is 2.38. The van der Waals surface area contributed by atoms with Gasteiger partial charge >= 0.3 is 6.18 Å². The zero-order chi connectivity index (χ0) is 24.7. The Hall–Kier alpha value is -3.83. The summed E-state index contributed by atoms with van der Waals surface area (Å²) < 4.78 is 49.4. The Kier molecular flexibility index (Phi) is 5.73. The largest absolute Gasteiger partial charge is 0.493 e. The molecule has 184 valence electrons. The summed E-state index contributed by atoms with van der Waals surface area (Å²) in [6.45, 7) is 0. The van der Waals surface area contributed by atoms with E-state index >= 15 is 0 Å². The van der Waals surface area contributed by atoms with Gasteiger partial charge in [0.2, 0.25) is 5.88 Å². The number of aryl methyl sites for hydroxylation is 1. The van der Waals surface area contributed by atoms with Crippen LogP contribution in [-0.2, 0) is 13.2 Å². The molecule has 0 amide bonds. The van der Waals surface area contributed by atoms with Crippen molar-refractivity contribution < 1.29 is 23.0 Å². The van der Waals surface area contributed by atoms with Crippen molar-refractivity contribution >= 4 is 16.7 Å². The van der Waals surface area contributed by atoms with Crippen molar-refractivity contribution in [1.82, 2.24) is 29.5 Å². The smallest absolute Gasteiger partial charge is 0.437 e. The van der Waals surface area contributed by atoms with Crippen molar-refractivity contribution in [1.29, 1.82) is 0 Å². The number of anilines is 1. The van der Waals surface area contributed by atoms with Crippen LogP contribution in [0.1, 0.15) is 37.4 Å². The van der Waals surface area contributed by atoms with Gasteiger partial charge in [-0.3, -0.25) is 9.36 Å². The first-order chi connectivity index (χ1) is 16.7. The van der Waals surface area contributed by atoms with Crippen molar-refractivity contribution in [3.05, 3.63) is 42.5 Å². The van der Waals surface area contributed by atoms with Gasteiger partial charge in [0.05, 0.1) is 23.9 Å². The molecule has 0 saturated heterocycles. The van der Waals surface area contributed by atoms with Gasteiger partial charge in [0.1, 0.15) is 11.5 Å². The quantitative estimate of drug-likeness (QED) is 0.426. The minimum Gasteiger partial charge on any atom is -0.493 e. The minimum atomic E-state index is -4.72. The Morgan fingerprint density at radius 1 is 1.14 bits per heavy atom. The molecule has 9 nitrogen and oxygen atoms in total. The van der Waals surface area contributed by atoms with E-state index in [1.54, 1.807) is 24.1 Å². The predicted molar refractivity (Wildman–Crippen MR) is 122 cm³/mol. The second-order valence-corrected chi connectivity index (χ2v) is 8.59. The van der Waals surface area contributed by atoms with Crippen LogP contribution in [0.2, 0.25) is 0 Å². The fourth-order valence-electron chi connectivity index (χ4n) is 4.53. The third-order valence-corrected chi connectivity index (χ3v) is 6.22. The molecule has 1 fully saturated rings. The number of hydrogen-bond donors (Lipinski definition) is 2. The molecule has 0 unspecified atom stereocenters. The van der Waals surface area contributed by atoms with Crippen molar-refractivity contribution in [3.8, 4) is 22.9 Å². The highest BCUT2D eigenvalue weighted by molar-refractivity contribution is 5.93. The molecule has 2 N–H and O–H groups in total. The Balaban J connectivity index is 1.39. The standard InChI is InChI=1S/C23H24F3N7O2/c1-27-19-9-17-16(11-28-19)21(13-10-29-32(2)12-13)31-33(17)14-3-5-15(6-4-14)35-18-7-8-20(34)30-22(18)23(24,25)26/h7-12,14-15H,3-6H2,1-2H3,(H,27,28)(H,30,34)/t14-,15+. The first kappa shape index (κ1) is 22.9. The van der Waals surface area contributed by atoms with Gasteiger partial charge in [-0.15, -0.1) is 0 Å². The third kappa shape index (κ3) is 4.47. The van der Waals surface area contributed by atoms with Crippen LogP contribution in [0.4, 0.5) is 19.0 Å². The van der Waals surface area contributed by atoms with Gasteiger partial charge < -0.3 is 15.2 Å². The summed E-state index contributed by atoms with van der Waals surface area (Å²) >= 11 is 0. The number of hydrogen-bond acceptors (Lipinski definition) is 7. The molecule has 4 aromatic heterocycles. The van der Waals surface area contributed by atoms with Crippen molar-refractivity contribution in [2.45, 2.75) is 44.0 Å². The number of aromatic hydroxyl groups is 1. The van der Waals surface area contributed by atoms with Crippen molar-refractivity contribution in [3.63, 3.8) is 0 Å². The molecule has 4 heterocycles. The molecule has 4 aromatic rings. The van der Waals surface area contributed by atoms with Gasteiger partial charge in [0.25, 0.3) is 0 Å². The maximum absolute atomic E-state index is 13.3. The average molecular weight is 487 g/mol. The lowest BCUT2D eigenvalue weighted by Gasteiger charge is -2.30. The zero-order valence-corrected chi connectivity index (χ0v) is 19.1. The summed E-state index contributed by atoms with van der Waals surface area (Å²) in [4.78, 5) is 7.67. The van der Waals surface area contributed by atoms with Crippen LogP contribution in [0.25, 0.3) is 22.2 Å². The number of nitrogens with zero attached hydrogens (tertiary/aromatic N) is 6. The van der Waals surface area contributed by atoms with E-state index in [0.29, 0.717) is 31.5 Å². The van der Waals surface area contributed by atoms with Crippen LogP contribution in [0.3, 0.4) is 0 Å². The van der Waals surface area contributed by atoms with Gasteiger partial charge in [-0.25, -0.2) is 9.97 Å². The molecule has 0 aliphatic heterocycles. The Labute approximate surface area is 198 Å². The number of ether oxygens (including phenoxy) is 1. The van der Waals surface area contributed by atoms with Crippen LogP contribution in [0.15, 0.2) is 36.8 Å².